The number of rotatable bonds is 4. The minimum atomic E-state index is -3.57. The molecule has 1 aromatic heterocycles. The fourth-order valence-corrected chi connectivity index (χ4v) is 2.79. The second-order valence-electron chi connectivity index (χ2n) is 3.92. The van der Waals surface area contributed by atoms with Crippen molar-refractivity contribution < 1.29 is 8.42 Å². The molecule has 0 spiro atoms. The highest BCUT2D eigenvalue weighted by Crippen LogP contribution is 2.14. The first-order valence-corrected chi connectivity index (χ1v) is 7.06. The number of nitrogens with zero attached hydrogens (tertiary/aromatic N) is 1. The monoisotopic (exact) mass is 262 g/mol. The molecule has 0 aliphatic heterocycles. The van der Waals surface area contributed by atoms with Gasteiger partial charge in [0.15, 0.2) is 5.03 Å². The van der Waals surface area contributed by atoms with Gasteiger partial charge in [-0.25, -0.2) is 18.1 Å². The van der Waals surface area contributed by atoms with E-state index in [1.54, 1.807) is 19.1 Å². The molecule has 0 saturated heterocycles. The molecule has 0 fully saturated rings. The molecule has 2 rings (SSSR count). The van der Waals surface area contributed by atoms with E-state index >= 15 is 0 Å². The van der Waals surface area contributed by atoms with Crippen molar-refractivity contribution in [1.29, 1.82) is 0 Å². The average Bonchev–Trinajstić information content (AvgIpc) is 2.40. The molecule has 18 heavy (non-hydrogen) atoms. The van der Waals surface area contributed by atoms with Crippen LogP contribution in [0.25, 0.3) is 0 Å². The van der Waals surface area contributed by atoms with Gasteiger partial charge in [0.2, 0.25) is 0 Å². The second-order valence-corrected chi connectivity index (χ2v) is 5.58. The van der Waals surface area contributed by atoms with E-state index in [0.717, 1.165) is 5.56 Å². The van der Waals surface area contributed by atoms with Gasteiger partial charge in [-0.05, 0) is 24.6 Å². The maximum Gasteiger partial charge on any atom is 0.258 e. The van der Waals surface area contributed by atoms with E-state index in [0.29, 0.717) is 0 Å². The largest absolute Gasteiger partial charge is 0.258 e. The van der Waals surface area contributed by atoms with Crippen LogP contribution in [0, 0.1) is 0 Å². The fraction of sp³-hybridized carbons (Fsp3) is 0.154. The van der Waals surface area contributed by atoms with Crippen LogP contribution >= 0.6 is 0 Å². The number of sulfonamides is 1. The maximum atomic E-state index is 12.0. The molecule has 4 nitrogen and oxygen atoms in total. The van der Waals surface area contributed by atoms with Crippen molar-refractivity contribution in [2.75, 3.05) is 0 Å². The van der Waals surface area contributed by atoms with Crippen LogP contribution < -0.4 is 4.72 Å². The Morgan fingerprint density at radius 3 is 2.33 bits per heavy atom. The quantitative estimate of drug-likeness (QED) is 0.918. The minimum absolute atomic E-state index is 0.0350. The van der Waals surface area contributed by atoms with Crippen molar-refractivity contribution in [2.45, 2.75) is 18.0 Å². The molecule has 0 unspecified atom stereocenters. The predicted octanol–water partition coefficient (Wildman–Crippen LogP) is 2.12. The zero-order valence-corrected chi connectivity index (χ0v) is 10.8. The molecule has 2 aromatic rings. The molecule has 1 aromatic carbocycles. The standard InChI is InChI=1S/C13H14N2O2S/c1-11(12-7-3-2-4-8-12)15-18(16,17)13-9-5-6-10-14-13/h2-11,15H,1H3/t11-/m0/s1. The van der Waals surface area contributed by atoms with Gasteiger partial charge in [-0.1, -0.05) is 36.4 Å². The van der Waals surface area contributed by atoms with Gasteiger partial charge in [0.05, 0.1) is 0 Å². The van der Waals surface area contributed by atoms with Crippen LogP contribution in [0.5, 0.6) is 0 Å². The Balaban J connectivity index is 2.20. The lowest BCUT2D eigenvalue weighted by Crippen LogP contribution is -2.27. The molecule has 0 radical (unpaired) electrons. The molecule has 0 aliphatic carbocycles. The highest BCUT2D eigenvalue weighted by atomic mass is 32.2. The zero-order valence-electron chi connectivity index (χ0n) is 9.95. The third-order valence-corrected chi connectivity index (χ3v) is 4.00. The van der Waals surface area contributed by atoms with E-state index in [1.807, 2.05) is 30.3 Å². The molecular formula is C13H14N2O2S. The summed E-state index contributed by atoms with van der Waals surface area (Å²) in [6.45, 7) is 1.80. The minimum Gasteiger partial charge on any atom is -0.243 e. The lowest BCUT2D eigenvalue weighted by atomic mass is 10.1. The number of hydrogen-bond donors (Lipinski definition) is 1. The summed E-state index contributed by atoms with van der Waals surface area (Å²) in [6.07, 6.45) is 1.46. The van der Waals surface area contributed by atoms with Crippen molar-refractivity contribution in [3.8, 4) is 0 Å². The molecule has 1 N–H and O–H groups in total. The summed E-state index contributed by atoms with van der Waals surface area (Å²) >= 11 is 0. The Morgan fingerprint density at radius 1 is 1.06 bits per heavy atom. The van der Waals surface area contributed by atoms with E-state index in [1.165, 1.54) is 12.3 Å². The van der Waals surface area contributed by atoms with Crippen LogP contribution in [-0.2, 0) is 10.0 Å². The Bertz CT molecular complexity index is 597. The van der Waals surface area contributed by atoms with E-state index in [-0.39, 0.29) is 11.1 Å². The summed E-state index contributed by atoms with van der Waals surface area (Å²) < 4.78 is 26.7. The maximum absolute atomic E-state index is 12.0. The van der Waals surface area contributed by atoms with Crippen molar-refractivity contribution in [2.24, 2.45) is 0 Å². The molecule has 0 amide bonds. The normalized spacial score (nSPS) is 13.2. The summed E-state index contributed by atoms with van der Waals surface area (Å²) in [4.78, 5) is 3.85. The Labute approximate surface area is 107 Å². The van der Waals surface area contributed by atoms with Crippen LogP contribution in [0.15, 0.2) is 59.8 Å². The van der Waals surface area contributed by atoms with Crippen LogP contribution in [-0.4, -0.2) is 13.4 Å². The highest BCUT2D eigenvalue weighted by Gasteiger charge is 2.18. The molecule has 1 heterocycles. The summed E-state index contributed by atoms with van der Waals surface area (Å²) in [7, 11) is -3.57. The van der Waals surface area contributed by atoms with Gasteiger partial charge in [0.25, 0.3) is 10.0 Å². The Hall–Kier alpha value is -1.72. The van der Waals surface area contributed by atoms with Crippen molar-refractivity contribution in [3.63, 3.8) is 0 Å². The third-order valence-electron chi connectivity index (χ3n) is 2.54. The number of pyridine rings is 1. The molecule has 0 bridgehead atoms. The molecule has 0 aliphatic rings. The molecule has 1 atom stereocenters. The van der Waals surface area contributed by atoms with E-state index in [9.17, 15) is 8.42 Å². The van der Waals surface area contributed by atoms with Crippen molar-refractivity contribution in [1.82, 2.24) is 9.71 Å². The lowest BCUT2D eigenvalue weighted by molar-refractivity contribution is 0.563. The van der Waals surface area contributed by atoms with Crippen molar-refractivity contribution in [3.05, 3.63) is 60.3 Å². The average molecular weight is 262 g/mol. The Kier molecular flexibility index (Phi) is 3.74. The second kappa shape index (κ2) is 5.29. The smallest absolute Gasteiger partial charge is 0.243 e. The van der Waals surface area contributed by atoms with Gasteiger partial charge in [-0.2, -0.15) is 0 Å². The van der Waals surface area contributed by atoms with Gasteiger partial charge in [0.1, 0.15) is 0 Å². The number of benzene rings is 1. The molecular weight excluding hydrogens is 248 g/mol. The first-order chi connectivity index (χ1) is 8.59. The topological polar surface area (TPSA) is 59.1 Å². The van der Waals surface area contributed by atoms with Crippen molar-refractivity contribution >= 4 is 10.0 Å². The van der Waals surface area contributed by atoms with Gasteiger partial charge in [-0.3, -0.25) is 0 Å². The number of aromatic nitrogens is 1. The van der Waals surface area contributed by atoms with Gasteiger partial charge < -0.3 is 0 Å². The molecule has 94 valence electrons. The van der Waals surface area contributed by atoms with E-state index < -0.39 is 10.0 Å². The summed E-state index contributed by atoms with van der Waals surface area (Å²) in [5.74, 6) is 0. The van der Waals surface area contributed by atoms with Crippen LogP contribution in [0.4, 0.5) is 0 Å². The fourth-order valence-electron chi connectivity index (χ4n) is 1.61. The van der Waals surface area contributed by atoms with Crippen LogP contribution in [0.1, 0.15) is 18.5 Å². The van der Waals surface area contributed by atoms with E-state index in [4.69, 9.17) is 0 Å². The molecule has 0 saturated carbocycles. The third kappa shape index (κ3) is 2.94. The van der Waals surface area contributed by atoms with Gasteiger partial charge in [0, 0.05) is 12.2 Å². The van der Waals surface area contributed by atoms with Crippen LogP contribution in [0.3, 0.4) is 0 Å². The number of nitrogens with one attached hydrogen (secondary N) is 1. The molecule has 5 heteroatoms. The predicted molar refractivity (Wildman–Crippen MR) is 69.4 cm³/mol. The number of hydrogen-bond acceptors (Lipinski definition) is 3. The first-order valence-electron chi connectivity index (χ1n) is 5.58. The Morgan fingerprint density at radius 2 is 1.72 bits per heavy atom. The van der Waals surface area contributed by atoms with Gasteiger partial charge >= 0.3 is 0 Å². The lowest BCUT2D eigenvalue weighted by Gasteiger charge is -2.13. The van der Waals surface area contributed by atoms with E-state index in [2.05, 4.69) is 9.71 Å². The van der Waals surface area contributed by atoms with Gasteiger partial charge in [-0.15, -0.1) is 0 Å². The summed E-state index contributed by atoms with van der Waals surface area (Å²) in [6, 6.07) is 13.9. The highest BCUT2D eigenvalue weighted by molar-refractivity contribution is 7.89. The SMILES string of the molecule is C[C@H](NS(=O)(=O)c1ccccn1)c1ccccc1. The summed E-state index contributed by atoms with van der Waals surface area (Å²) in [5.41, 5.74) is 0.914. The first kappa shape index (κ1) is 12.7. The summed E-state index contributed by atoms with van der Waals surface area (Å²) in [5, 5.41) is 0.0350. The van der Waals surface area contributed by atoms with Crippen LogP contribution in [0.2, 0.25) is 0 Å². The zero-order chi connectivity index (χ0) is 13.0.